The number of pyridine rings is 1. The summed E-state index contributed by atoms with van der Waals surface area (Å²) in [5.74, 6) is 0. The van der Waals surface area contributed by atoms with Gasteiger partial charge < -0.3 is 9.47 Å². The molecule has 3 rings (SSSR count). The molecule has 0 bridgehead atoms. The van der Waals surface area contributed by atoms with Crippen molar-refractivity contribution in [2.75, 3.05) is 19.0 Å². The van der Waals surface area contributed by atoms with Gasteiger partial charge in [-0.25, -0.2) is 0 Å². The second-order valence-electron chi connectivity index (χ2n) is 6.80. The van der Waals surface area contributed by atoms with E-state index >= 15 is 0 Å². The fraction of sp³-hybridized carbons (Fsp3) is 0.350. The van der Waals surface area contributed by atoms with Crippen LogP contribution in [0.3, 0.4) is 0 Å². The maximum absolute atomic E-state index is 4.87. The molecule has 0 aliphatic heterocycles. The van der Waals surface area contributed by atoms with Gasteiger partial charge in [-0.2, -0.15) is 0 Å². The van der Waals surface area contributed by atoms with Crippen molar-refractivity contribution in [3.05, 3.63) is 46.8 Å². The highest BCUT2D eigenvalue weighted by Crippen LogP contribution is 2.37. The van der Waals surface area contributed by atoms with Gasteiger partial charge in [-0.3, -0.25) is 4.98 Å². The summed E-state index contributed by atoms with van der Waals surface area (Å²) in [5, 5.41) is 0. The molecule has 3 heteroatoms. The third kappa shape index (κ3) is 2.50. The van der Waals surface area contributed by atoms with Gasteiger partial charge in [0.05, 0.1) is 16.7 Å². The second kappa shape index (κ2) is 5.41. The van der Waals surface area contributed by atoms with Gasteiger partial charge in [0.1, 0.15) is 0 Å². The zero-order valence-corrected chi connectivity index (χ0v) is 15.2. The van der Waals surface area contributed by atoms with Crippen molar-refractivity contribution < 1.29 is 0 Å². The smallest absolute Gasteiger partial charge is 0.0984 e. The highest BCUT2D eigenvalue weighted by molar-refractivity contribution is 6.01. The van der Waals surface area contributed by atoms with Crippen molar-refractivity contribution in [1.82, 2.24) is 9.55 Å². The molecule has 0 saturated carbocycles. The van der Waals surface area contributed by atoms with Gasteiger partial charge in [0.25, 0.3) is 0 Å². The number of fused-ring (bicyclic) bond motifs is 1. The first kappa shape index (κ1) is 15.6. The average Bonchev–Trinajstić information content (AvgIpc) is 2.73. The zero-order chi connectivity index (χ0) is 16.9. The Balaban J connectivity index is 2.41. The Labute approximate surface area is 138 Å². The van der Waals surface area contributed by atoms with E-state index in [0.29, 0.717) is 0 Å². The SMILES string of the molecule is Cc1cc(C)c(-c2cn(C)c3c(N(C)C)cc(C)nc23)c(C)c1. The molecular weight excluding hydrogens is 282 g/mol. The predicted octanol–water partition coefficient (Wildman–Crippen LogP) is 4.54. The van der Waals surface area contributed by atoms with Crippen LogP contribution < -0.4 is 4.90 Å². The van der Waals surface area contributed by atoms with Gasteiger partial charge in [0, 0.05) is 38.6 Å². The van der Waals surface area contributed by atoms with Crippen LogP contribution in [-0.2, 0) is 7.05 Å². The fourth-order valence-corrected chi connectivity index (χ4v) is 3.63. The third-order valence-corrected chi connectivity index (χ3v) is 4.46. The highest BCUT2D eigenvalue weighted by atomic mass is 15.1. The number of benzene rings is 1. The Bertz CT molecular complexity index is 878. The van der Waals surface area contributed by atoms with E-state index in [2.05, 4.69) is 82.7 Å². The van der Waals surface area contributed by atoms with E-state index in [9.17, 15) is 0 Å². The lowest BCUT2D eigenvalue weighted by molar-refractivity contribution is 0.960. The van der Waals surface area contributed by atoms with Crippen molar-refractivity contribution >= 4 is 16.7 Å². The molecule has 0 aliphatic rings. The van der Waals surface area contributed by atoms with Crippen molar-refractivity contribution in [2.24, 2.45) is 7.05 Å². The van der Waals surface area contributed by atoms with E-state index < -0.39 is 0 Å². The number of hydrogen-bond acceptors (Lipinski definition) is 2. The molecule has 0 radical (unpaired) electrons. The minimum absolute atomic E-state index is 1.05. The Hall–Kier alpha value is -2.29. The van der Waals surface area contributed by atoms with Crippen LogP contribution in [0.25, 0.3) is 22.2 Å². The summed E-state index contributed by atoms with van der Waals surface area (Å²) in [6.45, 7) is 8.60. The van der Waals surface area contributed by atoms with Crippen LogP contribution in [-0.4, -0.2) is 23.6 Å². The average molecular weight is 307 g/mol. The van der Waals surface area contributed by atoms with E-state index in [4.69, 9.17) is 4.98 Å². The molecule has 0 fully saturated rings. The maximum atomic E-state index is 4.87. The normalized spacial score (nSPS) is 11.3. The number of rotatable bonds is 2. The van der Waals surface area contributed by atoms with Crippen molar-refractivity contribution in [3.8, 4) is 11.1 Å². The van der Waals surface area contributed by atoms with Gasteiger partial charge in [0.15, 0.2) is 0 Å². The first-order valence-electron chi connectivity index (χ1n) is 8.01. The molecule has 3 nitrogen and oxygen atoms in total. The van der Waals surface area contributed by atoms with Crippen LogP contribution in [0.15, 0.2) is 24.4 Å². The first-order chi connectivity index (χ1) is 10.8. The van der Waals surface area contributed by atoms with E-state index in [1.54, 1.807) is 0 Å². The van der Waals surface area contributed by atoms with Crippen molar-refractivity contribution in [2.45, 2.75) is 27.7 Å². The van der Waals surface area contributed by atoms with E-state index in [1.165, 1.54) is 39.0 Å². The summed E-state index contributed by atoms with van der Waals surface area (Å²) in [5.41, 5.74) is 11.0. The van der Waals surface area contributed by atoms with Crippen LogP contribution in [0.4, 0.5) is 5.69 Å². The lowest BCUT2D eigenvalue weighted by Crippen LogP contribution is -2.11. The molecule has 0 amide bonds. The highest BCUT2D eigenvalue weighted by Gasteiger charge is 2.18. The molecule has 0 atom stereocenters. The summed E-state index contributed by atoms with van der Waals surface area (Å²) in [6, 6.07) is 6.66. The van der Waals surface area contributed by atoms with Gasteiger partial charge in [-0.15, -0.1) is 0 Å². The Morgan fingerprint density at radius 3 is 2.13 bits per heavy atom. The number of hydrogen-bond donors (Lipinski definition) is 0. The number of aromatic nitrogens is 2. The Kier molecular flexibility index (Phi) is 3.67. The molecule has 120 valence electrons. The predicted molar refractivity (Wildman–Crippen MR) is 99.4 cm³/mol. The largest absolute Gasteiger partial charge is 0.376 e. The summed E-state index contributed by atoms with van der Waals surface area (Å²) in [7, 11) is 6.28. The van der Waals surface area contributed by atoms with Gasteiger partial charge in [0.2, 0.25) is 0 Å². The third-order valence-electron chi connectivity index (χ3n) is 4.46. The quantitative estimate of drug-likeness (QED) is 0.693. The van der Waals surface area contributed by atoms with E-state index in [0.717, 1.165) is 11.2 Å². The summed E-state index contributed by atoms with van der Waals surface area (Å²) in [6.07, 6.45) is 2.22. The van der Waals surface area contributed by atoms with E-state index in [-0.39, 0.29) is 0 Å². The fourth-order valence-electron chi connectivity index (χ4n) is 3.63. The van der Waals surface area contributed by atoms with Crippen LogP contribution in [0.2, 0.25) is 0 Å². The summed E-state index contributed by atoms with van der Waals surface area (Å²) in [4.78, 5) is 7.04. The van der Waals surface area contributed by atoms with Crippen molar-refractivity contribution in [3.63, 3.8) is 0 Å². The van der Waals surface area contributed by atoms with Crippen LogP contribution in [0.5, 0.6) is 0 Å². The number of nitrogens with zero attached hydrogens (tertiary/aromatic N) is 3. The molecule has 2 heterocycles. The van der Waals surface area contributed by atoms with Gasteiger partial charge >= 0.3 is 0 Å². The summed E-state index contributed by atoms with van der Waals surface area (Å²) >= 11 is 0. The minimum Gasteiger partial charge on any atom is -0.376 e. The lowest BCUT2D eigenvalue weighted by atomic mass is 9.95. The minimum atomic E-state index is 1.05. The van der Waals surface area contributed by atoms with E-state index in [1.807, 2.05) is 0 Å². The molecule has 0 unspecified atom stereocenters. The lowest BCUT2D eigenvalue weighted by Gasteiger charge is -2.16. The zero-order valence-electron chi connectivity index (χ0n) is 15.2. The molecule has 0 aliphatic carbocycles. The maximum Gasteiger partial charge on any atom is 0.0984 e. The van der Waals surface area contributed by atoms with Crippen molar-refractivity contribution in [1.29, 1.82) is 0 Å². The number of aryl methyl sites for hydroxylation is 5. The van der Waals surface area contributed by atoms with Crippen LogP contribution in [0, 0.1) is 27.7 Å². The Morgan fingerprint density at radius 2 is 1.57 bits per heavy atom. The van der Waals surface area contributed by atoms with Crippen LogP contribution >= 0.6 is 0 Å². The first-order valence-corrected chi connectivity index (χ1v) is 8.01. The molecular formula is C20H25N3. The Morgan fingerprint density at radius 1 is 0.957 bits per heavy atom. The van der Waals surface area contributed by atoms with Crippen LogP contribution in [0.1, 0.15) is 22.4 Å². The topological polar surface area (TPSA) is 21.1 Å². The second-order valence-corrected chi connectivity index (χ2v) is 6.80. The molecule has 23 heavy (non-hydrogen) atoms. The van der Waals surface area contributed by atoms with Gasteiger partial charge in [-0.1, -0.05) is 17.7 Å². The molecule has 0 spiro atoms. The molecule has 2 aromatic heterocycles. The molecule has 0 saturated heterocycles. The molecule has 1 aromatic carbocycles. The monoisotopic (exact) mass is 307 g/mol. The van der Waals surface area contributed by atoms with Gasteiger partial charge in [-0.05, 0) is 50.5 Å². The standard InChI is InChI=1S/C20H25N3/c1-12-8-13(2)18(14(3)9-12)16-11-23(7)20-17(22(5)6)10-15(4)21-19(16)20/h8-11H,1-7H3. The number of anilines is 1. The molecule has 0 N–H and O–H groups in total. The molecule has 3 aromatic rings. The summed E-state index contributed by atoms with van der Waals surface area (Å²) < 4.78 is 2.20.